The number of ether oxygens (including phenoxy) is 1. The molecule has 8 rings (SSSR count). The van der Waals surface area contributed by atoms with Crippen molar-refractivity contribution in [2.24, 2.45) is 0 Å². The van der Waals surface area contributed by atoms with Crippen LogP contribution < -0.4 is 14.5 Å². The summed E-state index contributed by atoms with van der Waals surface area (Å²) < 4.78 is 9.06. The van der Waals surface area contributed by atoms with E-state index in [1.165, 1.54) is 56.0 Å². The van der Waals surface area contributed by atoms with Gasteiger partial charge in [0.2, 0.25) is 0 Å². The van der Waals surface area contributed by atoms with Gasteiger partial charge >= 0.3 is 0 Å². The summed E-state index contributed by atoms with van der Waals surface area (Å²) >= 11 is 0. The minimum Gasteiger partial charge on any atom is -0.509 e. The number of allylic oxidation sites excluding steroid dienone is 2. The van der Waals surface area contributed by atoms with E-state index in [0.717, 1.165) is 33.3 Å². The summed E-state index contributed by atoms with van der Waals surface area (Å²) in [5.74, 6) is 2.16. The third-order valence-corrected chi connectivity index (χ3v) is 13.3. The van der Waals surface area contributed by atoms with Gasteiger partial charge in [0, 0.05) is 61.4 Å². The van der Waals surface area contributed by atoms with Crippen LogP contribution in [0.3, 0.4) is 0 Å². The number of anilines is 2. The van der Waals surface area contributed by atoms with E-state index in [9.17, 15) is 0 Å². The molecular formula is C61H73N4OPt-3. The fraction of sp³-hybridized carbons (Fsp3) is 0.377. The molecule has 0 fully saturated rings. The van der Waals surface area contributed by atoms with Gasteiger partial charge in [0.1, 0.15) is 5.82 Å². The first kappa shape index (κ1) is 51.3. The van der Waals surface area contributed by atoms with Crippen LogP contribution >= 0.6 is 0 Å². The van der Waals surface area contributed by atoms with Gasteiger partial charge in [0.05, 0.1) is 6.67 Å². The number of pyridine rings is 1. The van der Waals surface area contributed by atoms with Gasteiger partial charge < -0.3 is 26.5 Å². The fourth-order valence-electron chi connectivity index (χ4n) is 8.76. The van der Waals surface area contributed by atoms with E-state index in [2.05, 4.69) is 235 Å². The summed E-state index contributed by atoms with van der Waals surface area (Å²) in [6, 6.07) is 43.3. The molecule has 356 valence electrons. The molecule has 0 amide bonds. The maximum absolute atomic E-state index is 6.84. The molecule has 1 aliphatic rings. The van der Waals surface area contributed by atoms with E-state index in [0.29, 0.717) is 18.2 Å². The SMILES string of the molecule is CC1=C(C)N(c2cc(-c3cc(C(C)(C)C)cc(C(C)(C)C)c3)cc(C(C)(C)C)c2)CN1c1[c-]c(Oc2[c-]c3c(cc2)c2ccccc2n3-c2cc(C(C)(C)C)ccn2)cc(C(C)(C)C)c1.[CH3-].[Pt]. The average Bonchev–Trinajstić information content (AvgIpc) is 3.71. The molecule has 0 aliphatic carbocycles. The summed E-state index contributed by atoms with van der Waals surface area (Å²) in [6.45, 7) is 39.5. The van der Waals surface area contributed by atoms with Gasteiger partial charge in [-0.15, -0.1) is 41.3 Å². The molecule has 0 radical (unpaired) electrons. The number of aromatic nitrogens is 2. The topological polar surface area (TPSA) is 33.5 Å². The molecule has 2 aromatic heterocycles. The van der Waals surface area contributed by atoms with Gasteiger partial charge in [0.25, 0.3) is 0 Å². The second kappa shape index (κ2) is 18.1. The van der Waals surface area contributed by atoms with Crippen molar-refractivity contribution >= 4 is 33.2 Å². The largest absolute Gasteiger partial charge is 0.509 e. The van der Waals surface area contributed by atoms with Crippen molar-refractivity contribution in [3.8, 4) is 28.4 Å². The van der Waals surface area contributed by atoms with Crippen LogP contribution in [-0.4, -0.2) is 16.2 Å². The van der Waals surface area contributed by atoms with Crippen LogP contribution in [0.4, 0.5) is 11.4 Å². The van der Waals surface area contributed by atoms with E-state index in [-0.39, 0.29) is 55.6 Å². The van der Waals surface area contributed by atoms with Crippen LogP contribution in [0, 0.1) is 19.6 Å². The quantitative estimate of drug-likeness (QED) is 0.155. The number of fused-ring (bicyclic) bond motifs is 3. The van der Waals surface area contributed by atoms with E-state index >= 15 is 0 Å². The van der Waals surface area contributed by atoms with Gasteiger partial charge in [-0.05, 0) is 110 Å². The van der Waals surface area contributed by atoms with Crippen molar-refractivity contribution in [1.82, 2.24) is 9.55 Å². The van der Waals surface area contributed by atoms with Crippen molar-refractivity contribution in [2.75, 3.05) is 16.5 Å². The Balaban J connectivity index is 0.00000370. The molecule has 1 aliphatic heterocycles. The molecule has 67 heavy (non-hydrogen) atoms. The molecule has 0 saturated heterocycles. The maximum Gasteiger partial charge on any atom is 0.135 e. The van der Waals surface area contributed by atoms with E-state index < -0.39 is 0 Å². The van der Waals surface area contributed by atoms with Gasteiger partial charge in [-0.3, -0.25) is 0 Å². The van der Waals surface area contributed by atoms with Crippen LogP contribution in [0.25, 0.3) is 38.8 Å². The van der Waals surface area contributed by atoms with Crippen molar-refractivity contribution in [3.05, 3.63) is 162 Å². The zero-order valence-electron chi connectivity index (χ0n) is 43.5. The summed E-state index contributed by atoms with van der Waals surface area (Å²) in [5.41, 5.74) is 15.4. The molecule has 0 unspecified atom stereocenters. The van der Waals surface area contributed by atoms with Crippen LogP contribution in [0.15, 0.2) is 115 Å². The second-order valence-corrected chi connectivity index (χ2v) is 23.5. The Hall–Kier alpha value is -5.12. The Kier molecular flexibility index (Phi) is 13.8. The Labute approximate surface area is 417 Å². The molecule has 0 spiro atoms. The Bertz CT molecular complexity index is 2960. The van der Waals surface area contributed by atoms with Crippen molar-refractivity contribution in [3.63, 3.8) is 0 Å². The molecule has 0 bridgehead atoms. The zero-order chi connectivity index (χ0) is 47.2. The number of hydrogen-bond donors (Lipinski definition) is 0. The van der Waals surface area contributed by atoms with E-state index in [1.807, 2.05) is 12.3 Å². The van der Waals surface area contributed by atoms with Crippen LogP contribution in [0.5, 0.6) is 11.5 Å². The minimum atomic E-state index is -0.138. The Morgan fingerprint density at radius 3 is 1.64 bits per heavy atom. The van der Waals surface area contributed by atoms with Crippen LogP contribution in [-0.2, 0) is 48.1 Å². The Morgan fingerprint density at radius 1 is 0.507 bits per heavy atom. The van der Waals surface area contributed by atoms with E-state index in [4.69, 9.17) is 9.72 Å². The normalized spacial score (nSPS) is 13.9. The third kappa shape index (κ3) is 10.3. The van der Waals surface area contributed by atoms with Gasteiger partial charge in [-0.25, -0.2) is 4.98 Å². The maximum atomic E-state index is 6.84. The first-order valence-corrected chi connectivity index (χ1v) is 23.4. The van der Waals surface area contributed by atoms with Crippen molar-refractivity contribution in [1.29, 1.82) is 0 Å². The Morgan fingerprint density at radius 2 is 1.04 bits per heavy atom. The van der Waals surface area contributed by atoms with Crippen molar-refractivity contribution < 1.29 is 25.8 Å². The van der Waals surface area contributed by atoms with Crippen LogP contribution in [0.2, 0.25) is 0 Å². The molecule has 3 heterocycles. The minimum absolute atomic E-state index is 0. The number of benzene rings is 5. The first-order chi connectivity index (χ1) is 30.2. The average molecular weight is 1070 g/mol. The molecule has 7 aromatic rings. The molecule has 0 N–H and O–H groups in total. The first-order valence-electron chi connectivity index (χ1n) is 23.4. The molecule has 6 heteroatoms. The fourth-order valence-corrected chi connectivity index (χ4v) is 8.76. The predicted molar refractivity (Wildman–Crippen MR) is 283 cm³/mol. The van der Waals surface area contributed by atoms with Gasteiger partial charge in [-0.2, -0.15) is 6.07 Å². The van der Waals surface area contributed by atoms with Crippen LogP contribution in [0.1, 0.15) is 146 Å². The predicted octanol–water partition coefficient (Wildman–Crippen LogP) is 16.7. The molecule has 5 nitrogen and oxygen atoms in total. The summed E-state index contributed by atoms with van der Waals surface area (Å²) in [7, 11) is 0. The third-order valence-electron chi connectivity index (χ3n) is 13.3. The van der Waals surface area contributed by atoms with E-state index in [1.54, 1.807) is 0 Å². The monoisotopic (exact) mass is 1070 g/mol. The molecule has 0 saturated carbocycles. The summed E-state index contributed by atoms with van der Waals surface area (Å²) in [4.78, 5) is 9.74. The van der Waals surface area contributed by atoms with Gasteiger partial charge in [0.15, 0.2) is 0 Å². The molecule has 5 aromatic carbocycles. The summed E-state index contributed by atoms with van der Waals surface area (Å²) in [6.07, 6.45) is 1.91. The van der Waals surface area contributed by atoms with Crippen molar-refractivity contribution in [2.45, 2.75) is 145 Å². The molecular weight excluding hydrogens is 1000 g/mol. The smallest absolute Gasteiger partial charge is 0.135 e. The zero-order valence-corrected chi connectivity index (χ0v) is 45.8. The van der Waals surface area contributed by atoms with Gasteiger partial charge in [-0.1, -0.05) is 158 Å². The standard InChI is InChI=1S/C60H70N4O.CH3.Pt/c1-38-39(2)63(37-62(38)47-29-41(28-45(31-47)59(12,13)14)40-26-43(57(6,7)8)30-44(27-40)58(9,10)11)48-32-46(60(15,16)17)33-50(35-48)65-49-22-23-52-51-20-18-19-21-53(51)64(54(52)36-49)55-34-42(24-25-61-55)56(3,4)5;;/h18-34H,37H2,1-17H3;1H3;/q-2;-1;. The number of para-hydroxylation sites is 1. The summed E-state index contributed by atoms with van der Waals surface area (Å²) in [5, 5.41) is 2.26. The number of hydrogen-bond acceptors (Lipinski definition) is 4. The number of nitrogens with zero attached hydrogens (tertiary/aromatic N) is 4. The number of rotatable bonds is 6. The second-order valence-electron chi connectivity index (χ2n) is 23.5. The molecule has 0 atom stereocenters.